The Kier molecular flexibility index (Phi) is 3.05. The molecule has 1 aromatic heterocycles. The highest BCUT2D eigenvalue weighted by molar-refractivity contribution is 5.56. The van der Waals surface area contributed by atoms with Crippen LogP contribution in [0.5, 0.6) is 0 Å². The summed E-state index contributed by atoms with van der Waals surface area (Å²) in [6, 6.07) is 0.160. The van der Waals surface area contributed by atoms with Gasteiger partial charge in [-0.15, -0.1) is 0 Å². The van der Waals surface area contributed by atoms with Gasteiger partial charge in [-0.25, -0.2) is 4.98 Å². The van der Waals surface area contributed by atoms with Crippen molar-refractivity contribution >= 4 is 17.5 Å². The fourth-order valence-corrected chi connectivity index (χ4v) is 1.88. The van der Waals surface area contributed by atoms with E-state index < -0.39 is 4.92 Å². The molecule has 0 amide bonds. The number of anilines is 2. The summed E-state index contributed by atoms with van der Waals surface area (Å²) in [6.07, 6.45) is 2.06. The molecule has 1 unspecified atom stereocenters. The molecule has 1 aromatic rings. The van der Waals surface area contributed by atoms with Gasteiger partial charge in [0.15, 0.2) is 0 Å². The van der Waals surface area contributed by atoms with Crippen molar-refractivity contribution in [2.45, 2.75) is 12.5 Å². The first-order chi connectivity index (χ1) is 8.06. The monoisotopic (exact) mass is 238 g/mol. The second-order valence-corrected chi connectivity index (χ2v) is 4.11. The summed E-state index contributed by atoms with van der Waals surface area (Å²) < 4.78 is 0. The zero-order chi connectivity index (χ0) is 12.4. The number of likely N-dealkylation sites (tertiary alicyclic amines) is 1. The third kappa shape index (κ3) is 2.59. The van der Waals surface area contributed by atoms with Gasteiger partial charge in [0.1, 0.15) is 6.20 Å². The summed E-state index contributed by atoms with van der Waals surface area (Å²) in [4.78, 5) is 19.9. The van der Waals surface area contributed by atoms with Crippen molar-refractivity contribution < 1.29 is 4.92 Å². The van der Waals surface area contributed by atoms with E-state index in [1.54, 1.807) is 0 Å². The Morgan fingerprint density at radius 1 is 1.71 bits per heavy atom. The summed E-state index contributed by atoms with van der Waals surface area (Å²) >= 11 is 0. The predicted molar refractivity (Wildman–Crippen MR) is 62.6 cm³/mol. The Morgan fingerprint density at radius 3 is 3.06 bits per heavy atom. The third-order valence-corrected chi connectivity index (χ3v) is 2.72. The molecule has 0 radical (unpaired) electrons. The maximum atomic E-state index is 10.8. The molecule has 0 spiro atoms. The van der Waals surface area contributed by atoms with Gasteiger partial charge in [-0.3, -0.25) is 10.1 Å². The quantitative estimate of drug-likeness (QED) is 0.566. The molecule has 0 aliphatic carbocycles. The highest BCUT2D eigenvalue weighted by Crippen LogP contribution is 2.23. The highest BCUT2D eigenvalue weighted by Gasteiger charge is 2.24. The summed E-state index contributed by atoms with van der Waals surface area (Å²) in [5.74, 6) is 0.229. The Labute approximate surface area is 98.0 Å². The number of nitro groups is 1. The van der Waals surface area contributed by atoms with Gasteiger partial charge in [-0.2, -0.15) is 4.98 Å². The second kappa shape index (κ2) is 4.50. The van der Waals surface area contributed by atoms with Gasteiger partial charge in [0.25, 0.3) is 0 Å². The molecule has 1 fully saturated rings. The van der Waals surface area contributed by atoms with E-state index in [4.69, 9.17) is 5.73 Å². The lowest BCUT2D eigenvalue weighted by Gasteiger charge is -2.13. The van der Waals surface area contributed by atoms with E-state index >= 15 is 0 Å². The lowest BCUT2D eigenvalue weighted by molar-refractivity contribution is -0.384. The molecule has 0 aromatic carbocycles. The van der Waals surface area contributed by atoms with Crippen molar-refractivity contribution in [3.05, 3.63) is 16.3 Å². The Bertz CT molecular complexity index is 437. The average Bonchev–Trinajstić information content (AvgIpc) is 2.63. The van der Waals surface area contributed by atoms with Gasteiger partial charge in [0, 0.05) is 12.6 Å². The molecule has 1 aliphatic heterocycles. The van der Waals surface area contributed by atoms with Gasteiger partial charge < -0.3 is 16.0 Å². The first kappa shape index (κ1) is 11.5. The van der Waals surface area contributed by atoms with Crippen LogP contribution >= 0.6 is 0 Å². The van der Waals surface area contributed by atoms with Gasteiger partial charge in [0.2, 0.25) is 11.8 Å². The average molecular weight is 238 g/mol. The minimum absolute atomic E-state index is 0.0319. The van der Waals surface area contributed by atoms with E-state index in [1.807, 2.05) is 7.05 Å². The van der Waals surface area contributed by atoms with Crippen LogP contribution in [0.4, 0.5) is 17.5 Å². The molecule has 3 N–H and O–H groups in total. The smallest absolute Gasteiger partial charge is 0.329 e. The first-order valence-electron chi connectivity index (χ1n) is 5.28. The van der Waals surface area contributed by atoms with Crippen LogP contribution in [0.15, 0.2) is 6.20 Å². The van der Waals surface area contributed by atoms with Gasteiger partial charge in [-0.05, 0) is 20.0 Å². The zero-order valence-corrected chi connectivity index (χ0v) is 9.46. The Morgan fingerprint density at radius 2 is 2.47 bits per heavy atom. The lowest BCUT2D eigenvalue weighted by Crippen LogP contribution is -2.24. The second-order valence-electron chi connectivity index (χ2n) is 4.11. The molecule has 8 heteroatoms. The third-order valence-electron chi connectivity index (χ3n) is 2.72. The normalized spacial score (nSPS) is 20.4. The van der Waals surface area contributed by atoms with Crippen LogP contribution in [0.1, 0.15) is 6.42 Å². The maximum Gasteiger partial charge on any atom is 0.329 e. The fraction of sp³-hybridized carbons (Fsp3) is 0.556. The number of nitrogens with two attached hydrogens (primary N) is 1. The number of hydrogen-bond acceptors (Lipinski definition) is 7. The van der Waals surface area contributed by atoms with Gasteiger partial charge in [-0.1, -0.05) is 0 Å². The molecule has 0 bridgehead atoms. The number of likely N-dealkylation sites (N-methyl/N-ethyl adjacent to an activating group) is 1. The van der Waals surface area contributed by atoms with E-state index in [1.165, 1.54) is 0 Å². The standard InChI is InChI=1S/C9H14N6O2/c1-14-3-2-6(5-14)12-8-7(15(16)17)4-11-9(10)13-8/h4,6H,2-3,5H2,1H3,(H3,10,11,12,13). The van der Waals surface area contributed by atoms with Crippen molar-refractivity contribution in [3.8, 4) is 0 Å². The molecule has 17 heavy (non-hydrogen) atoms. The van der Waals surface area contributed by atoms with E-state index in [0.29, 0.717) is 0 Å². The number of nitrogens with zero attached hydrogens (tertiary/aromatic N) is 4. The number of rotatable bonds is 3. The van der Waals surface area contributed by atoms with Crippen LogP contribution in [0.2, 0.25) is 0 Å². The van der Waals surface area contributed by atoms with E-state index in [9.17, 15) is 10.1 Å². The predicted octanol–water partition coefficient (Wildman–Crippen LogP) is 0.0830. The van der Waals surface area contributed by atoms with Crippen LogP contribution in [0, 0.1) is 10.1 Å². The van der Waals surface area contributed by atoms with Crippen molar-refractivity contribution in [1.29, 1.82) is 0 Å². The Balaban J connectivity index is 2.19. The van der Waals surface area contributed by atoms with Gasteiger partial charge in [0.05, 0.1) is 4.92 Å². The van der Waals surface area contributed by atoms with Crippen LogP contribution < -0.4 is 11.1 Å². The van der Waals surface area contributed by atoms with Crippen molar-refractivity contribution in [2.75, 3.05) is 31.2 Å². The summed E-state index contributed by atoms with van der Waals surface area (Å²) in [5.41, 5.74) is 5.29. The fourth-order valence-electron chi connectivity index (χ4n) is 1.88. The maximum absolute atomic E-state index is 10.8. The van der Waals surface area contributed by atoms with Crippen LogP contribution in [-0.2, 0) is 0 Å². The van der Waals surface area contributed by atoms with E-state index in [2.05, 4.69) is 20.2 Å². The highest BCUT2D eigenvalue weighted by atomic mass is 16.6. The first-order valence-corrected chi connectivity index (χ1v) is 5.28. The number of hydrogen-bond donors (Lipinski definition) is 2. The minimum atomic E-state index is -0.513. The minimum Gasteiger partial charge on any atom is -0.368 e. The lowest BCUT2D eigenvalue weighted by atomic mass is 10.2. The number of nitrogens with one attached hydrogen (secondary N) is 1. The summed E-state index contributed by atoms with van der Waals surface area (Å²) in [5, 5.41) is 13.9. The largest absolute Gasteiger partial charge is 0.368 e. The van der Waals surface area contributed by atoms with Crippen molar-refractivity contribution in [1.82, 2.24) is 14.9 Å². The Hall–Kier alpha value is -1.96. The van der Waals surface area contributed by atoms with Crippen molar-refractivity contribution in [2.24, 2.45) is 0 Å². The van der Waals surface area contributed by atoms with Gasteiger partial charge >= 0.3 is 5.69 Å². The molecule has 0 saturated carbocycles. The molecule has 1 aliphatic rings. The molecular weight excluding hydrogens is 224 g/mol. The van der Waals surface area contributed by atoms with E-state index in [-0.39, 0.29) is 23.5 Å². The number of aromatic nitrogens is 2. The molecule has 2 heterocycles. The van der Waals surface area contributed by atoms with Crippen LogP contribution in [-0.4, -0.2) is 46.0 Å². The van der Waals surface area contributed by atoms with Crippen molar-refractivity contribution in [3.63, 3.8) is 0 Å². The van der Waals surface area contributed by atoms with Crippen LogP contribution in [0.3, 0.4) is 0 Å². The number of nitrogen functional groups attached to an aromatic ring is 1. The molecule has 92 valence electrons. The topological polar surface area (TPSA) is 110 Å². The molecule has 2 rings (SSSR count). The molecular formula is C9H14N6O2. The van der Waals surface area contributed by atoms with E-state index in [0.717, 1.165) is 25.7 Å². The zero-order valence-electron chi connectivity index (χ0n) is 9.46. The molecule has 1 atom stereocenters. The SMILES string of the molecule is CN1CCC(Nc2nc(N)ncc2[N+](=O)[O-])C1. The summed E-state index contributed by atoms with van der Waals surface area (Å²) in [6.45, 7) is 1.80. The van der Waals surface area contributed by atoms with Crippen LogP contribution in [0.25, 0.3) is 0 Å². The molecule has 8 nitrogen and oxygen atoms in total. The molecule has 1 saturated heterocycles. The summed E-state index contributed by atoms with van der Waals surface area (Å²) in [7, 11) is 2.00.